The minimum atomic E-state index is -5.32. The predicted molar refractivity (Wildman–Crippen MR) is 169 cm³/mol. The number of nitrogens with two attached hydrogens (primary N) is 1. The number of primary amides is 1. The molecule has 2 atom stereocenters. The molecule has 10 nitrogen and oxygen atoms in total. The van der Waals surface area contributed by atoms with Crippen molar-refractivity contribution in [3.63, 3.8) is 0 Å². The van der Waals surface area contributed by atoms with Crippen LogP contribution in [0.25, 0.3) is 32.2 Å². The van der Waals surface area contributed by atoms with Crippen molar-refractivity contribution in [3.8, 4) is 22.8 Å². The topological polar surface area (TPSA) is 142 Å². The van der Waals surface area contributed by atoms with Gasteiger partial charge in [-0.05, 0) is 44.0 Å². The number of carbonyl (C=O) groups is 2. The maximum atomic E-state index is 14.9. The van der Waals surface area contributed by atoms with Gasteiger partial charge in [0.2, 0.25) is 11.5 Å². The number of hydrogen-bond donors (Lipinski definition) is 3. The second-order valence-electron chi connectivity index (χ2n) is 12.0. The summed E-state index contributed by atoms with van der Waals surface area (Å²) < 4.78 is 58.5. The molecule has 4 N–H and O–H groups in total. The fraction of sp³-hybridized carbons (Fsp3) is 0.312. The highest BCUT2D eigenvalue weighted by Gasteiger charge is 2.58. The van der Waals surface area contributed by atoms with Gasteiger partial charge in [-0.15, -0.1) is 11.3 Å². The summed E-state index contributed by atoms with van der Waals surface area (Å²) >= 11 is 7.62. The number of ether oxygens (including phenoxy) is 2. The Morgan fingerprint density at radius 3 is 2.72 bits per heavy atom. The fourth-order valence-electron chi connectivity index (χ4n) is 5.77. The molecule has 3 aromatic heterocycles. The van der Waals surface area contributed by atoms with E-state index in [4.69, 9.17) is 26.8 Å². The number of amides is 2. The standard InChI is InChI=1S/C32H27ClF3N5O5S/c1-30(29(37)43)14-46-26-20(30)10-23(39-25(26)19-12-47-27-18(19)4-3-5-21(27)33)31(44,32(34,35)36)13-38-28(42)15-8-16-11-41(17-6-7-17)40-24(16)22(9-15)45-2/h3-5,8-12,17,44H,6-7,13-14H2,1-2H3,(H2,37,43)(H,38,42)/t30-,31-/m0/s1. The number of aliphatic hydroxyl groups is 1. The molecule has 2 amide bonds. The number of nitrogens with one attached hydrogen (secondary N) is 1. The Bertz CT molecular complexity index is 2110. The van der Waals surface area contributed by atoms with Crippen LogP contribution in [0.2, 0.25) is 5.02 Å². The Hall–Kier alpha value is -4.40. The zero-order valence-electron chi connectivity index (χ0n) is 24.9. The molecule has 1 saturated carbocycles. The SMILES string of the molecule is COc1cc(C(=O)NC[C@](O)(c2cc3c(c(-c4csc5c(Cl)cccc45)n2)OC[C@]3(C)C(N)=O)C(F)(F)F)cc2cn(C3CC3)nc12. The van der Waals surface area contributed by atoms with Crippen molar-refractivity contribution in [2.45, 2.75) is 43.0 Å². The number of rotatable bonds is 8. The van der Waals surface area contributed by atoms with E-state index < -0.39 is 41.2 Å². The number of benzene rings is 2. The minimum Gasteiger partial charge on any atom is -0.494 e. The van der Waals surface area contributed by atoms with Crippen molar-refractivity contribution in [2.24, 2.45) is 5.73 Å². The normalized spacial score (nSPS) is 19.0. The van der Waals surface area contributed by atoms with Crippen LogP contribution in [-0.4, -0.2) is 58.1 Å². The Balaban J connectivity index is 1.31. The van der Waals surface area contributed by atoms with Crippen molar-refractivity contribution >= 4 is 55.7 Å². The Kier molecular flexibility index (Phi) is 7.19. The number of carbonyl (C=O) groups excluding carboxylic acids is 2. The quantitative estimate of drug-likeness (QED) is 0.192. The summed E-state index contributed by atoms with van der Waals surface area (Å²) in [4.78, 5) is 30.3. The van der Waals surface area contributed by atoms with Gasteiger partial charge < -0.3 is 25.6 Å². The molecule has 244 valence electrons. The maximum absolute atomic E-state index is 14.9. The largest absolute Gasteiger partial charge is 0.494 e. The molecule has 5 aromatic rings. The second-order valence-corrected chi connectivity index (χ2v) is 13.3. The molecule has 15 heteroatoms. The first kappa shape index (κ1) is 31.2. The van der Waals surface area contributed by atoms with Crippen molar-refractivity contribution < 1.29 is 37.3 Å². The Morgan fingerprint density at radius 2 is 2.04 bits per heavy atom. The minimum absolute atomic E-state index is 0.00754. The number of aromatic nitrogens is 3. The van der Waals surface area contributed by atoms with E-state index in [1.165, 1.54) is 37.5 Å². The molecule has 1 aliphatic heterocycles. The van der Waals surface area contributed by atoms with E-state index in [1.807, 2.05) is 0 Å². The van der Waals surface area contributed by atoms with Crippen molar-refractivity contribution in [1.82, 2.24) is 20.1 Å². The summed E-state index contributed by atoms with van der Waals surface area (Å²) in [6.07, 6.45) is -1.62. The van der Waals surface area contributed by atoms with Crippen LogP contribution in [0, 0.1) is 0 Å². The number of hydrogen-bond acceptors (Lipinski definition) is 8. The molecule has 0 saturated heterocycles. The van der Waals surface area contributed by atoms with Crippen molar-refractivity contribution in [2.75, 3.05) is 20.3 Å². The van der Waals surface area contributed by atoms with Gasteiger partial charge in [-0.1, -0.05) is 23.7 Å². The third-order valence-electron chi connectivity index (χ3n) is 8.82. The number of pyridine rings is 1. The van der Waals surface area contributed by atoms with Crippen molar-refractivity contribution in [1.29, 1.82) is 0 Å². The van der Waals surface area contributed by atoms with Gasteiger partial charge in [-0.3, -0.25) is 14.3 Å². The van der Waals surface area contributed by atoms with Gasteiger partial charge in [0.15, 0.2) is 0 Å². The summed E-state index contributed by atoms with van der Waals surface area (Å²) in [7, 11) is 1.40. The summed E-state index contributed by atoms with van der Waals surface area (Å²) in [5.74, 6) is -1.39. The predicted octanol–water partition coefficient (Wildman–Crippen LogP) is 5.63. The average molecular weight is 686 g/mol. The molecule has 0 spiro atoms. The highest BCUT2D eigenvalue weighted by Crippen LogP contribution is 2.50. The highest BCUT2D eigenvalue weighted by molar-refractivity contribution is 7.18. The zero-order chi connectivity index (χ0) is 33.5. The van der Waals surface area contributed by atoms with Crippen LogP contribution < -0.4 is 20.5 Å². The van der Waals surface area contributed by atoms with Gasteiger partial charge in [0.05, 0.1) is 35.1 Å². The third-order valence-corrected chi connectivity index (χ3v) is 10.3. The first-order valence-corrected chi connectivity index (χ1v) is 15.8. The molecule has 0 radical (unpaired) electrons. The lowest BCUT2D eigenvalue weighted by Crippen LogP contribution is -2.51. The number of alkyl halides is 3. The second kappa shape index (κ2) is 10.8. The maximum Gasteiger partial charge on any atom is 0.424 e. The zero-order valence-corrected chi connectivity index (χ0v) is 26.5. The molecule has 2 aliphatic rings. The number of thiophene rings is 1. The van der Waals surface area contributed by atoms with Crippen LogP contribution in [0.3, 0.4) is 0 Å². The molecule has 1 aliphatic carbocycles. The van der Waals surface area contributed by atoms with Gasteiger partial charge in [-0.2, -0.15) is 18.3 Å². The van der Waals surface area contributed by atoms with E-state index in [2.05, 4.69) is 15.4 Å². The monoisotopic (exact) mass is 685 g/mol. The van der Waals surface area contributed by atoms with Gasteiger partial charge in [0, 0.05) is 39.0 Å². The van der Waals surface area contributed by atoms with Crippen LogP contribution in [0.4, 0.5) is 13.2 Å². The molecule has 7 rings (SSSR count). The summed E-state index contributed by atoms with van der Waals surface area (Å²) in [6.45, 7) is -0.102. The molecular weight excluding hydrogens is 659 g/mol. The fourth-order valence-corrected chi connectivity index (χ4v) is 7.04. The lowest BCUT2D eigenvalue weighted by Gasteiger charge is -2.31. The van der Waals surface area contributed by atoms with Crippen LogP contribution in [0.5, 0.6) is 11.5 Å². The molecule has 47 heavy (non-hydrogen) atoms. The lowest BCUT2D eigenvalue weighted by atomic mass is 9.81. The number of fused-ring (bicyclic) bond motifs is 3. The van der Waals surface area contributed by atoms with Gasteiger partial charge in [-0.25, -0.2) is 4.98 Å². The molecule has 1 fully saturated rings. The van der Waals surface area contributed by atoms with E-state index in [0.29, 0.717) is 31.6 Å². The van der Waals surface area contributed by atoms with E-state index in [9.17, 15) is 27.9 Å². The molecule has 2 aromatic carbocycles. The van der Waals surface area contributed by atoms with Gasteiger partial charge in [0.1, 0.15) is 34.7 Å². The molecular formula is C32H27ClF3N5O5S. The van der Waals surface area contributed by atoms with E-state index >= 15 is 0 Å². The van der Waals surface area contributed by atoms with E-state index in [0.717, 1.165) is 18.9 Å². The van der Waals surface area contributed by atoms with E-state index in [-0.39, 0.29) is 41.0 Å². The molecule has 0 unspecified atom stereocenters. The number of nitrogens with zero attached hydrogens (tertiary/aromatic N) is 3. The van der Waals surface area contributed by atoms with Gasteiger partial charge in [0.25, 0.3) is 5.91 Å². The van der Waals surface area contributed by atoms with Crippen LogP contribution in [-0.2, 0) is 15.8 Å². The summed E-state index contributed by atoms with van der Waals surface area (Å²) in [5, 5.41) is 21.5. The summed E-state index contributed by atoms with van der Waals surface area (Å²) in [5.41, 5.74) is 0.540. The van der Waals surface area contributed by atoms with Gasteiger partial charge >= 0.3 is 6.18 Å². The summed E-state index contributed by atoms with van der Waals surface area (Å²) in [6, 6.07) is 9.19. The smallest absolute Gasteiger partial charge is 0.424 e. The molecule has 0 bridgehead atoms. The molecule has 4 heterocycles. The number of halogens is 4. The third kappa shape index (κ3) is 4.97. The highest BCUT2D eigenvalue weighted by atomic mass is 35.5. The van der Waals surface area contributed by atoms with Crippen molar-refractivity contribution in [3.05, 3.63) is 69.8 Å². The van der Waals surface area contributed by atoms with Crippen LogP contribution in [0.15, 0.2) is 48.0 Å². The Morgan fingerprint density at radius 1 is 1.28 bits per heavy atom. The first-order chi connectivity index (χ1) is 22.2. The van der Waals surface area contributed by atoms with Crippen LogP contribution >= 0.6 is 22.9 Å². The average Bonchev–Trinajstić information content (AvgIpc) is 3.48. The first-order valence-electron chi connectivity index (χ1n) is 14.5. The Labute approximate surface area is 274 Å². The lowest BCUT2D eigenvalue weighted by molar-refractivity contribution is -0.265. The van der Waals surface area contributed by atoms with E-state index in [1.54, 1.807) is 34.5 Å². The number of methoxy groups -OCH3 is 1. The van der Waals surface area contributed by atoms with Crippen LogP contribution in [0.1, 0.15) is 47.4 Å².